The topological polar surface area (TPSA) is 52.6 Å². The smallest absolute Gasteiger partial charge is 0.305 e. The highest BCUT2D eigenvalue weighted by Gasteiger charge is 2.17. The highest BCUT2D eigenvalue weighted by molar-refractivity contribution is 6.36. The van der Waals surface area contributed by atoms with E-state index in [1.165, 1.54) is 26.4 Å². The second kappa shape index (κ2) is 6.61. The Morgan fingerprint density at radius 3 is 2.39 bits per heavy atom. The number of hydrogen-bond acceptors (Lipinski definition) is 4. The zero-order valence-corrected chi connectivity index (χ0v) is 11.5. The highest BCUT2D eigenvalue weighted by atomic mass is 35.5. The van der Waals surface area contributed by atoms with Gasteiger partial charge in [0, 0.05) is 11.4 Å². The fourth-order valence-electron chi connectivity index (χ4n) is 1.43. The molecule has 0 atom stereocenters. The third-order valence-electron chi connectivity index (χ3n) is 2.30. The van der Waals surface area contributed by atoms with Gasteiger partial charge >= 0.3 is 5.97 Å². The van der Waals surface area contributed by atoms with Gasteiger partial charge in [-0.05, 0) is 12.1 Å². The third kappa shape index (κ3) is 3.62. The van der Waals surface area contributed by atoms with Crippen LogP contribution in [0.5, 0.6) is 5.75 Å². The predicted octanol–water partition coefficient (Wildman–Crippen LogP) is 3.14. The van der Waals surface area contributed by atoms with E-state index in [1.807, 2.05) is 0 Å². The summed E-state index contributed by atoms with van der Waals surface area (Å²) in [6.07, 6.45) is 0.0162. The zero-order chi connectivity index (χ0) is 13.7. The van der Waals surface area contributed by atoms with E-state index in [1.54, 1.807) is 0 Å². The van der Waals surface area contributed by atoms with Crippen molar-refractivity contribution in [2.24, 2.45) is 0 Å². The maximum Gasteiger partial charge on any atom is 0.305 e. The lowest BCUT2D eigenvalue weighted by Crippen LogP contribution is -2.07. The summed E-state index contributed by atoms with van der Waals surface area (Å²) in [4.78, 5) is 22.9. The van der Waals surface area contributed by atoms with Gasteiger partial charge < -0.3 is 9.47 Å². The summed E-state index contributed by atoms with van der Waals surface area (Å²) in [6.45, 7) is 0. The molecule has 0 spiro atoms. The second-order valence-corrected chi connectivity index (χ2v) is 4.31. The summed E-state index contributed by atoms with van der Waals surface area (Å²) in [5.74, 6) is -0.465. The van der Waals surface area contributed by atoms with Crippen LogP contribution >= 0.6 is 23.2 Å². The summed E-state index contributed by atoms with van der Waals surface area (Å²) in [5, 5.41) is 0.591. The molecule has 0 aliphatic rings. The third-order valence-corrected chi connectivity index (χ3v) is 2.80. The van der Waals surface area contributed by atoms with Gasteiger partial charge in [-0.25, -0.2) is 0 Å². The first-order chi connectivity index (χ1) is 8.49. The average molecular weight is 291 g/mol. The van der Waals surface area contributed by atoms with E-state index >= 15 is 0 Å². The minimum Gasteiger partial charge on any atom is -0.494 e. The van der Waals surface area contributed by atoms with E-state index in [0.29, 0.717) is 5.02 Å². The molecule has 0 unspecified atom stereocenters. The quantitative estimate of drug-likeness (QED) is 0.617. The summed E-state index contributed by atoms with van der Waals surface area (Å²) in [7, 11) is 2.68. The van der Waals surface area contributed by atoms with Crippen LogP contribution in [-0.2, 0) is 9.53 Å². The average Bonchev–Trinajstić information content (AvgIpc) is 2.34. The van der Waals surface area contributed by atoms with Crippen LogP contribution in [0, 0.1) is 0 Å². The molecule has 1 aromatic rings. The molecule has 0 fully saturated rings. The van der Waals surface area contributed by atoms with Crippen LogP contribution in [-0.4, -0.2) is 26.0 Å². The molecule has 0 N–H and O–H groups in total. The molecule has 1 aromatic carbocycles. The largest absolute Gasteiger partial charge is 0.494 e. The number of Topliss-reactive ketones (excluding diaryl/α,β-unsaturated/α-hetero) is 1. The Labute approximate surface area is 115 Å². The van der Waals surface area contributed by atoms with Gasteiger partial charge in [0.05, 0.1) is 31.2 Å². The number of rotatable bonds is 5. The molecular formula is C12H12Cl2O4. The summed E-state index contributed by atoms with van der Waals surface area (Å²) in [5.41, 5.74) is 0.263. The number of ether oxygens (including phenoxy) is 2. The normalized spacial score (nSPS) is 10.0. The summed E-state index contributed by atoms with van der Waals surface area (Å²) < 4.78 is 9.52. The van der Waals surface area contributed by atoms with Crippen LogP contribution in [0.2, 0.25) is 10.0 Å². The van der Waals surface area contributed by atoms with Gasteiger partial charge in [0.15, 0.2) is 5.78 Å². The number of esters is 1. The van der Waals surface area contributed by atoms with Crippen molar-refractivity contribution in [3.8, 4) is 5.75 Å². The van der Waals surface area contributed by atoms with Crippen molar-refractivity contribution in [1.29, 1.82) is 0 Å². The van der Waals surface area contributed by atoms with Gasteiger partial charge in [0.2, 0.25) is 0 Å². The van der Waals surface area contributed by atoms with Crippen LogP contribution in [0.1, 0.15) is 23.2 Å². The van der Waals surface area contributed by atoms with Crippen molar-refractivity contribution in [3.63, 3.8) is 0 Å². The molecule has 0 saturated heterocycles. The van der Waals surface area contributed by atoms with Gasteiger partial charge in [0.25, 0.3) is 0 Å². The van der Waals surface area contributed by atoms with Gasteiger partial charge in [-0.15, -0.1) is 0 Å². The summed E-state index contributed by atoms with van der Waals surface area (Å²) >= 11 is 11.7. The minimum absolute atomic E-state index is 0.00260. The molecular weight excluding hydrogens is 279 g/mol. The Morgan fingerprint density at radius 2 is 1.83 bits per heavy atom. The van der Waals surface area contributed by atoms with Gasteiger partial charge in [-0.2, -0.15) is 0 Å². The predicted molar refractivity (Wildman–Crippen MR) is 68.6 cm³/mol. The fraction of sp³-hybridized carbons (Fsp3) is 0.333. The molecule has 18 heavy (non-hydrogen) atoms. The van der Waals surface area contributed by atoms with Crippen molar-refractivity contribution in [3.05, 3.63) is 27.7 Å². The van der Waals surface area contributed by atoms with Crippen molar-refractivity contribution < 1.29 is 19.1 Å². The highest BCUT2D eigenvalue weighted by Crippen LogP contribution is 2.33. The zero-order valence-electron chi connectivity index (χ0n) is 9.96. The number of ketones is 1. The molecule has 98 valence electrons. The Morgan fingerprint density at radius 1 is 1.17 bits per heavy atom. The van der Waals surface area contributed by atoms with Crippen LogP contribution in [0.15, 0.2) is 12.1 Å². The van der Waals surface area contributed by atoms with Gasteiger partial charge in [-0.1, -0.05) is 23.2 Å². The van der Waals surface area contributed by atoms with Crippen molar-refractivity contribution >= 4 is 35.0 Å². The van der Waals surface area contributed by atoms with Crippen LogP contribution in [0.3, 0.4) is 0 Å². The molecule has 0 heterocycles. The van der Waals surface area contributed by atoms with E-state index in [9.17, 15) is 9.59 Å². The Kier molecular flexibility index (Phi) is 5.44. The Hall–Kier alpha value is -1.26. The molecule has 0 radical (unpaired) electrons. The molecule has 0 aliphatic heterocycles. The van der Waals surface area contributed by atoms with Gasteiger partial charge in [-0.3, -0.25) is 9.59 Å². The molecule has 0 aromatic heterocycles. The van der Waals surface area contributed by atoms with Gasteiger partial charge in [0.1, 0.15) is 5.75 Å². The number of carbonyl (C=O) groups excluding carboxylic acids is 2. The molecule has 0 amide bonds. The second-order valence-electron chi connectivity index (χ2n) is 3.47. The lowest BCUT2D eigenvalue weighted by atomic mass is 10.1. The molecule has 1 rings (SSSR count). The molecule has 0 saturated carbocycles. The van der Waals surface area contributed by atoms with E-state index in [4.69, 9.17) is 27.9 Å². The molecule has 0 bridgehead atoms. The van der Waals surface area contributed by atoms with E-state index in [0.717, 1.165) is 0 Å². The first-order valence-electron chi connectivity index (χ1n) is 5.12. The van der Waals surface area contributed by atoms with Crippen LogP contribution in [0.25, 0.3) is 0 Å². The van der Waals surface area contributed by atoms with E-state index in [2.05, 4.69) is 4.74 Å². The summed E-state index contributed by atoms with van der Waals surface area (Å²) in [6, 6.07) is 2.95. The first kappa shape index (κ1) is 14.8. The van der Waals surface area contributed by atoms with Crippen LogP contribution in [0.4, 0.5) is 0 Å². The van der Waals surface area contributed by atoms with E-state index < -0.39 is 5.97 Å². The molecule has 4 nitrogen and oxygen atoms in total. The molecule has 6 heteroatoms. The maximum absolute atomic E-state index is 11.9. The standard InChI is InChI=1S/C12H12Cl2O4/c1-17-11(16)4-3-10(15)8-5-7(13)6-9(14)12(8)18-2/h5-6H,3-4H2,1-2H3. The Balaban J connectivity index is 2.94. The van der Waals surface area contributed by atoms with Crippen molar-refractivity contribution in [1.82, 2.24) is 0 Å². The number of benzene rings is 1. The number of hydrogen-bond donors (Lipinski definition) is 0. The van der Waals surface area contributed by atoms with Crippen molar-refractivity contribution in [2.75, 3.05) is 14.2 Å². The monoisotopic (exact) mass is 290 g/mol. The maximum atomic E-state index is 11.9. The number of methoxy groups -OCH3 is 2. The first-order valence-corrected chi connectivity index (χ1v) is 5.88. The molecule has 0 aliphatic carbocycles. The SMILES string of the molecule is COC(=O)CCC(=O)c1cc(Cl)cc(Cl)c1OC. The fourth-order valence-corrected chi connectivity index (χ4v) is 2.00. The van der Waals surface area contributed by atoms with E-state index in [-0.39, 0.29) is 35.0 Å². The lowest BCUT2D eigenvalue weighted by molar-refractivity contribution is -0.140. The Bertz CT molecular complexity index is 471. The minimum atomic E-state index is -0.449. The number of carbonyl (C=O) groups is 2. The van der Waals surface area contributed by atoms with Crippen LogP contribution < -0.4 is 4.74 Å². The lowest BCUT2D eigenvalue weighted by Gasteiger charge is -2.09. The number of halogens is 2. The van der Waals surface area contributed by atoms with Crippen molar-refractivity contribution in [2.45, 2.75) is 12.8 Å².